The van der Waals surface area contributed by atoms with Crippen molar-refractivity contribution in [2.24, 2.45) is 0 Å². The van der Waals surface area contributed by atoms with Gasteiger partial charge in [0.25, 0.3) is 11.8 Å². The zero-order valence-electron chi connectivity index (χ0n) is 18.8. The minimum atomic E-state index is -0.583. The van der Waals surface area contributed by atoms with Gasteiger partial charge in [0.1, 0.15) is 22.8 Å². The van der Waals surface area contributed by atoms with Gasteiger partial charge in [-0.25, -0.2) is 0 Å². The summed E-state index contributed by atoms with van der Waals surface area (Å²) in [5, 5.41) is 5.52. The van der Waals surface area contributed by atoms with Crippen molar-refractivity contribution in [2.45, 2.75) is 6.92 Å². The molecule has 0 saturated heterocycles. The van der Waals surface area contributed by atoms with Crippen molar-refractivity contribution in [1.29, 1.82) is 0 Å². The molecule has 2 N–H and O–H groups in total. The number of nitrogens with one attached hydrogen (secondary N) is 2. The summed E-state index contributed by atoms with van der Waals surface area (Å²) in [6, 6.07) is 21.1. The Labute approximate surface area is 193 Å². The van der Waals surface area contributed by atoms with Crippen LogP contribution in [0, 0.1) is 0 Å². The van der Waals surface area contributed by atoms with Gasteiger partial charge < -0.3 is 24.8 Å². The second kappa shape index (κ2) is 11.4. The maximum Gasteiger partial charge on any atom is 0.261 e. The zero-order valence-corrected chi connectivity index (χ0v) is 18.8. The lowest BCUT2D eigenvalue weighted by Crippen LogP contribution is -2.25. The first-order valence-corrected chi connectivity index (χ1v) is 10.4. The molecule has 0 radical (unpaired) electrons. The molecule has 0 unspecified atom stereocenters. The van der Waals surface area contributed by atoms with Crippen LogP contribution < -0.4 is 24.8 Å². The van der Waals surface area contributed by atoms with Crippen molar-refractivity contribution >= 4 is 29.3 Å². The van der Waals surface area contributed by atoms with E-state index in [2.05, 4.69) is 10.6 Å². The third kappa shape index (κ3) is 6.13. The van der Waals surface area contributed by atoms with Gasteiger partial charge in [0.15, 0.2) is 0 Å². The third-order valence-corrected chi connectivity index (χ3v) is 4.70. The monoisotopic (exact) mass is 446 g/mol. The van der Waals surface area contributed by atoms with E-state index in [0.717, 1.165) is 0 Å². The summed E-state index contributed by atoms with van der Waals surface area (Å²) in [6.07, 6.45) is 1.52. The molecule has 0 fully saturated rings. The number of hydrogen-bond acceptors (Lipinski definition) is 5. The molecular formula is C26H26N2O5. The number of para-hydroxylation sites is 4. The smallest absolute Gasteiger partial charge is 0.261 e. The van der Waals surface area contributed by atoms with E-state index in [1.807, 2.05) is 6.92 Å². The Morgan fingerprint density at radius 3 is 1.70 bits per heavy atom. The Morgan fingerprint density at radius 2 is 1.24 bits per heavy atom. The van der Waals surface area contributed by atoms with Crippen LogP contribution in [0.25, 0.3) is 6.08 Å². The number of carbonyl (C=O) groups is 2. The number of amides is 2. The van der Waals surface area contributed by atoms with Gasteiger partial charge in [-0.2, -0.15) is 0 Å². The molecule has 0 aliphatic heterocycles. The summed E-state index contributed by atoms with van der Waals surface area (Å²) in [5.41, 5.74) is 1.48. The Morgan fingerprint density at radius 1 is 0.758 bits per heavy atom. The Bertz CT molecular complexity index is 1080. The number of carbonyl (C=O) groups excluding carboxylic acids is 2. The first-order valence-electron chi connectivity index (χ1n) is 10.4. The predicted octanol–water partition coefficient (Wildman–Crippen LogP) is 4.76. The van der Waals surface area contributed by atoms with Crippen molar-refractivity contribution in [1.82, 2.24) is 0 Å². The van der Waals surface area contributed by atoms with E-state index in [9.17, 15) is 9.59 Å². The number of rotatable bonds is 9. The Balaban J connectivity index is 1.94. The Hall–Kier alpha value is -4.26. The lowest BCUT2D eigenvalue weighted by Gasteiger charge is -2.14. The molecule has 0 saturated carbocycles. The largest absolute Gasteiger partial charge is 0.495 e. The fourth-order valence-electron chi connectivity index (χ4n) is 3.10. The fraction of sp³-hybridized carbons (Fsp3) is 0.154. The average Bonchev–Trinajstić information content (AvgIpc) is 2.84. The van der Waals surface area contributed by atoms with Crippen LogP contribution in [0.15, 0.2) is 78.4 Å². The molecule has 3 aromatic rings. The third-order valence-electron chi connectivity index (χ3n) is 4.70. The highest BCUT2D eigenvalue weighted by Gasteiger charge is 2.21. The van der Waals surface area contributed by atoms with Crippen molar-refractivity contribution in [3.8, 4) is 17.2 Å². The van der Waals surface area contributed by atoms with E-state index in [0.29, 0.717) is 40.8 Å². The maximum absolute atomic E-state index is 13.2. The molecule has 7 heteroatoms. The van der Waals surface area contributed by atoms with E-state index in [1.54, 1.807) is 72.8 Å². The molecule has 0 heterocycles. The highest BCUT2D eigenvalue weighted by molar-refractivity contribution is 6.29. The van der Waals surface area contributed by atoms with Gasteiger partial charge in [-0.15, -0.1) is 0 Å². The molecule has 33 heavy (non-hydrogen) atoms. The molecule has 0 spiro atoms. The maximum atomic E-state index is 13.2. The molecule has 0 aliphatic rings. The summed E-state index contributed by atoms with van der Waals surface area (Å²) in [6.45, 7) is 2.44. The highest BCUT2D eigenvalue weighted by atomic mass is 16.5. The van der Waals surface area contributed by atoms with Crippen LogP contribution in [0.5, 0.6) is 17.2 Å². The topological polar surface area (TPSA) is 85.9 Å². The number of methoxy groups -OCH3 is 2. The van der Waals surface area contributed by atoms with Gasteiger partial charge in [-0.3, -0.25) is 9.59 Å². The van der Waals surface area contributed by atoms with Crippen LogP contribution in [0.2, 0.25) is 0 Å². The fourth-order valence-corrected chi connectivity index (χ4v) is 3.10. The molecule has 170 valence electrons. The molecule has 0 aromatic heterocycles. The second-order valence-electron chi connectivity index (χ2n) is 6.87. The SMILES string of the molecule is CCOc1ccc(C=C(C(=O)Nc2ccccc2OC)C(=O)Nc2ccccc2OC)cc1. The Kier molecular flexibility index (Phi) is 8.07. The van der Waals surface area contributed by atoms with Crippen molar-refractivity contribution in [2.75, 3.05) is 31.5 Å². The van der Waals surface area contributed by atoms with Gasteiger partial charge >= 0.3 is 0 Å². The van der Waals surface area contributed by atoms with Gasteiger partial charge in [-0.05, 0) is 55.0 Å². The van der Waals surface area contributed by atoms with Crippen LogP contribution in [0.3, 0.4) is 0 Å². The lowest BCUT2D eigenvalue weighted by molar-refractivity contribution is -0.118. The normalized spacial score (nSPS) is 10.0. The number of hydrogen-bond donors (Lipinski definition) is 2. The molecule has 3 rings (SSSR count). The van der Waals surface area contributed by atoms with E-state index in [1.165, 1.54) is 20.3 Å². The zero-order chi connectivity index (χ0) is 23.6. The van der Waals surface area contributed by atoms with Crippen LogP contribution in [-0.2, 0) is 9.59 Å². The number of benzene rings is 3. The summed E-state index contributed by atoms with van der Waals surface area (Å²) >= 11 is 0. The van der Waals surface area contributed by atoms with Gasteiger partial charge in [0, 0.05) is 0 Å². The molecule has 2 amide bonds. The quantitative estimate of drug-likeness (QED) is 0.281. The van der Waals surface area contributed by atoms with Crippen LogP contribution in [0.1, 0.15) is 12.5 Å². The van der Waals surface area contributed by atoms with E-state index < -0.39 is 11.8 Å². The van der Waals surface area contributed by atoms with Crippen molar-refractivity contribution < 1.29 is 23.8 Å². The first-order chi connectivity index (χ1) is 16.0. The molecule has 0 bridgehead atoms. The minimum absolute atomic E-state index is 0.0871. The molecule has 0 atom stereocenters. The van der Waals surface area contributed by atoms with E-state index in [4.69, 9.17) is 14.2 Å². The summed E-state index contributed by atoms with van der Waals surface area (Å²) in [7, 11) is 3.02. The standard InChI is InChI=1S/C26H26N2O5/c1-4-33-19-15-13-18(14-16-19)17-20(25(29)27-21-9-5-7-11-23(21)31-2)26(30)28-22-10-6-8-12-24(22)32-3/h5-17H,4H2,1-3H3,(H,27,29)(H,28,30). The molecule has 3 aromatic carbocycles. The van der Waals surface area contributed by atoms with Crippen LogP contribution in [-0.4, -0.2) is 32.6 Å². The highest BCUT2D eigenvalue weighted by Crippen LogP contribution is 2.26. The van der Waals surface area contributed by atoms with Crippen LogP contribution >= 0.6 is 0 Å². The predicted molar refractivity (Wildman–Crippen MR) is 129 cm³/mol. The van der Waals surface area contributed by atoms with Gasteiger partial charge in [0.2, 0.25) is 0 Å². The molecule has 0 aliphatic carbocycles. The number of anilines is 2. The lowest BCUT2D eigenvalue weighted by atomic mass is 10.1. The summed E-state index contributed by atoms with van der Waals surface area (Å²) in [4.78, 5) is 26.4. The molecule has 7 nitrogen and oxygen atoms in total. The first kappa shape index (κ1) is 23.4. The van der Waals surface area contributed by atoms with Crippen molar-refractivity contribution in [3.05, 3.63) is 83.9 Å². The second-order valence-corrected chi connectivity index (χ2v) is 6.87. The average molecular weight is 447 g/mol. The molecular weight excluding hydrogens is 420 g/mol. The van der Waals surface area contributed by atoms with Crippen molar-refractivity contribution in [3.63, 3.8) is 0 Å². The number of ether oxygens (including phenoxy) is 3. The van der Waals surface area contributed by atoms with Crippen LogP contribution in [0.4, 0.5) is 11.4 Å². The summed E-state index contributed by atoms with van der Waals surface area (Å²) < 4.78 is 16.1. The van der Waals surface area contributed by atoms with Gasteiger partial charge in [-0.1, -0.05) is 36.4 Å². The minimum Gasteiger partial charge on any atom is -0.495 e. The van der Waals surface area contributed by atoms with Gasteiger partial charge in [0.05, 0.1) is 32.2 Å². The summed E-state index contributed by atoms with van der Waals surface area (Å²) in [5.74, 6) is 0.502. The van der Waals surface area contributed by atoms with E-state index in [-0.39, 0.29) is 5.57 Å². The van der Waals surface area contributed by atoms with E-state index >= 15 is 0 Å².